The van der Waals surface area contributed by atoms with Gasteiger partial charge in [0.05, 0.1) is 0 Å². The van der Waals surface area contributed by atoms with E-state index in [0.29, 0.717) is 0 Å². The molecule has 0 aliphatic heterocycles. The average molecular weight is 176 g/mol. The molecule has 0 N–H and O–H groups in total. The third-order valence-corrected chi connectivity index (χ3v) is 2.45. The Kier molecular flexibility index (Phi) is 2.55. The molecule has 0 saturated carbocycles. The van der Waals surface area contributed by atoms with E-state index >= 15 is 0 Å². The Labute approximate surface area is 79.8 Å². The zero-order valence-corrected chi connectivity index (χ0v) is 8.39. The highest BCUT2D eigenvalue weighted by Crippen LogP contribution is 2.36. The Morgan fingerprint density at radius 2 is 2.31 bits per heavy atom. The second-order valence-corrected chi connectivity index (χ2v) is 4.19. The second-order valence-electron chi connectivity index (χ2n) is 4.19. The van der Waals surface area contributed by atoms with E-state index in [4.69, 9.17) is 0 Å². The van der Waals surface area contributed by atoms with Crippen LogP contribution in [0.5, 0.6) is 0 Å². The molecule has 0 unspecified atom stereocenters. The Balaban J connectivity index is 2.77. The van der Waals surface area contributed by atoms with Crippen molar-refractivity contribution in [3.63, 3.8) is 0 Å². The number of allylic oxidation sites excluding steroid dienone is 4. The Morgan fingerprint density at radius 3 is 2.69 bits per heavy atom. The molecule has 0 amide bonds. The molecular formula is C12H16O. The predicted octanol–water partition coefficient (Wildman–Crippen LogP) is 3.04. The van der Waals surface area contributed by atoms with E-state index < -0.39 is 0 Å². The summed E-state index contributed by atoms with van der Waals surface area (Å²) in [6.45, 7) is 11.5. The lowest BCUT2D eigenvalue weighted by Gasteiger charge is -2.15. The van der Waals surface area contributed by atoms with Gasteiger partial charge in [0.25, 0.3) is 0 Å². The number of hydrogen-bond donors (Lipinski definition) is 0. The van der Waals surface area contributed by atoms with Crippen LogP contribution in [0.1, 0.15) is 26.7 Å². The van der Waals surface area contributed by atoms with Gasteiger partial charge in [-0.05, 0) is 30.1 Å². The molecule has 1 aliphatic carbocycles. The summed E-state index contributed by atoms with van der Waals surface area (Å²) in [4.78, 5) is 11.5. The summed E-state index contributed by atoms with van der Waals surface area (Å²) < 4.78 is 0. The summed E-state index contributed by atoms with van der Waals surface area (Å²) in [5.74, 6) is 0.215. The molecule has 0 heterocycles. The summed E-state index contributed by atoms with van der Waals surface area (Å²) in [7, 11) is 0. The number of ketones is 1. The first kappa shape index (κ1) is 9.97. The van der Waals surface area contributed by atoms with E-state index in [2.05, 4.69) is 13.2 Å². The van der Waals surface area contributed by atoms with Crippen LogP contribution in [0.15, 0.2) is 36.5 Å². The van der Waals surface area contributed by atoms with E-state index in [1.54, 1.807) is 6.08 Å². The molecule has 0 spiro atoms. The van der Waals surface area contributed by atoms with Gasteiger partial charge in [0.2, 0.25) is 0 Å². The minimum absolute atomic E-state index is 0.215. The van der Waals surface area contributed by atoms with Crippen molar-refractivity contribution in [2.24, 2.45) is 5.41 Å². The molecule has 0 saturated heterocycles. The lowest BCUT2D eigenvalue weighted by Crippen LogP contribution is -2.16. The first-order valence-electron chi connectivity index (χ1n) is 4.51. The van der Waals surface area contributed by atoms with Gasteiger partial charge < -0.3 is 0 Å². The molecule has 0 fully saturated rings. The van der Waals surface area contributed by atoms with Crippen LogP contribution in [-0.2, 0) is 4.79 Å². The first-order valence-corrected chi connectivity index (χ1v) is 4.51. The molecule has 1 heteroatoms. The van der Waals surface area contributed by atoms with Crippen LogP contribution in [0, 0.1) is 5.41 Å². The summed E-state index contributed by atoms with van der Waals surface area (Å²) in [6.07, 6.45) is 5.14. The van der Waals surface area contributed by atoms with Crippen molar-refractivity contribution in [2.75, 3.05) is 0 Å². The standard InChI is InChI=1S/C12H16O/c1-5-6-9(2)10-7-11(13)12(3,4)8-10/h5,7H,1-2,6,8H2,3-4H3. The maximum absolute atomic E-state index is 11.5. The molecule has 1 aliphatic rings. The fourth-order valence-corrected chi connectivity index (χ4v) is 1.50. The molecular weight excluding hydrogens is 160 g/mol. The van der Waals surface area contributed by atoms with Crippen molar-refractivity contribution < 1.29 is 4.79 Å². The van der Waals surface area contributed by atoms with Crippen molar-refractivity contribution in [1.82, 2.24) is 0 Å². The highest BCUT2D eigenvalue weighted by atomic mass is 16.1. The van der Waals surface area contributed by atoms with Gasteiger partial charge in [0, 0.05) is 5.41 Å². The van der Waals surface area contributed by atoms with Crippen molar-refractivity contribution in [3.8, 4) is 0 Å². The Hall–Kier alpha value is -1.11. The van der Waals surface area contributed by atoms with Gasteiger partial charge in [-0.3, -0.25) is 4.79 Å². The Bertz CT molecular complexity index is 292. The summed E-state index contributed by atoms with van der Waals surface area (Å²) >= 11 is 0. The molecule has 0 aromatic heterocycles. The van der Waals surface area contributed by atoms with E-state index in [0.717, 1.165) is 24.0 Å². The number of hydrogen-bond acceptors (Lipinski definition) is 1. The third-order valence-electron chi connectivity index (χ3n) is 2.45. The van der Waals surface area contributed by atoms with Gasteiger partial charge in [-0.25, -0.2) is 0 Å². The van der Waals surface area contributed by atoms with Crippen LogP contribution in [0.4, 0.5) is 0 Å². The van der Waals surface area contributed by atoms with Crippen LogP contribution in [0.25, 0.3) is 0 Å². The van der Waals surface area contributed by atoms with Crippen molar-refractivity contribution in [1.29, 1.82) is 0 Å². The van der Waals surface area contributed by atoms with Gasteiger partial charge in [-0.15, -0.1) is 6.58 Å². The lowest BCUT2D eigenvalue weighted by atomic mass is 9.87. The van der Waals surface area contributed by atoms with Gasteiger partial charge in [0.15, 0.2) is 5.78 Å². The van der Waals surface area contributed by atoms with E-state index in [9.17, 15) is 4.79 Å². The van der Waals surface area contributed by atoms with Gasteiger partial charge in [0.1, 0.15) is 0 Å². The SMILES string of the molecule is C=CCC(=C)C1=CC(=O)C(C)(C)C1. The maximum Gasteiger partial charge on any atom is 0.161 e. The minimum atomic E-state index is -0.223. The zero-order valence-electron chi connectivity index (χ0n) is 8.39. The largest absolute Gasteiger partial charge is 0.294 e. The monoisotopic (exact) mass is 176 g/mol. The highest BCUT2D eigenvalue weighted by molar-refractivity contribution is 5.98. The lowest BCUT2D eigenvalue weighted by molar-refractivity contribution is -0.121. The average Bonchev–Trinajstić information content (AvgIpc) is 2.27. The molecule has 70 valence electrons. The Morgan fingerprint density at radius 1 is 1.69 bits per heavy atom. The van der Waals surface area contributed by atoms with Crippen LogP contribution in [0.3, 0.4) is 0 Å². The quantitative estimate of drug-likeness (QED) is 0.604. The molecule has 1 nitrogen and oxygen atoms in total. The molecule has 0 bridgehead atoms. The molecule has 1 rings (SSSR count). The highest BCUT2D eigenvalue weighted by Gasteiger charge is 2.33. The third kappa shape index (κ3) is 1.97. The summed E-state index contributed by atoms with van der Waals surface area (Å²) in [5.41, 5.74) is 1.89. The molecule has 0 radical (unpaired) electrons. The normalized spacial score (nSPS) is 19.8. The van der Waals surface area contributed by atoms with E-state index in [-0.39, 0.29) is 11.2 Å². The van der Waals surface area contributed by atoms with Crippen molar-refractivity contribution in [2.45, 2.75) is 26.7 Å². The van der Waals surface area contributed by atoms with Crippen LogP contribution in [0.2, 0.25) is 0 Å². The van der Waals surface area contributed by atoms with Crippen LogP contribution in [-0.4, -0.2) is 5.78 Å². The minimum Gasteiger partial charge on any atom is -0.294 e. The second kappa shape index (κ2) is 3.33. The van der Waals surface area contributed by atoms with Gasteiger partial charge in [-0.1, -0.05) is 26.5 Å². The molecule has 13 heavy (non-hydrogen) atoms. The molecule has 0 atom stereocenters. The number of carbonyl (C=O) groups excluding carboxylic acids is 1. The van der Waals surface area contributed by atoms with Gasteiger partial charge in [-0.2, -0.15) is 0 Å². The topological polar surface area (TPSA) is 17.1 Å². The van der Waals surface area contributed by atoms with Crippen LogP contribution >= 0.6 is 0 Å². The van der Waals surface area contributed by atoms with Crippen LogP contribution < -0.4 is 0 Å². The fourth-order valence-electron chi connectivity index (χ4n) is 1.50. The smallest absolute Gasteiger partial charge is 0.161 e. The number of rotatable bonds is 3. The zero-order chi connectivity index (χ0) is 10.1. The number of carbonyl (C=O) groups is 1. The van der Waals surface area contributed by atoms with Crippen molar-refractivity contribution >= 4 is 5.78 Å². The van der Waals surface area contributed by atoms with E-state index in [1.165, 1.54) is 0 Å². The predicted molar refractivity (Wildman–Crippen MR) is 55.4 cm³/mol. The van der Waals surface area contributed by atoms with E-state index in [1.807, 2.05) is 19.9 Å². The van der Waals surface area contributed by atoms with Crippen molar-refractivity contribution in [3.05, 3.63) is 36.5 Å². The fraction of sp³-hybridized carbons (Fsp3) is 0.417. The first-order chi connectivity index (χ1) is 5.97. The molecule has 0 aromatic carbocycles. The van der Waals surface area contributed by atoms with Gasteiger partial charge >= 0.3 is 0 Å². The summed E-state index contributed by atoms with van der Waals surface area (Å²) in [6, 6.07) is 0. The molecule has 0 aromatic rings. The summed E-state index contributed by atoms with van der Waals surface area (Å²) in [5, 5.41) is 0. The maximum atomic E-state index is 11.5.